The third-order valence-corrected chi connectivity index (χ3v) is 3.58. The average Bonchev–Trinajstić information content (AvgIpc) is 2.59. The second-order valence-corrected chi connectivity index (χ2v) is 5.16. The summed E-state index contributed by atoms with van der Waals surface area (Å²) >= 11 is 1.52. The number of nitrogens with zero attached hydrogens (tertiary/aromatic N) is 3. The monoisotopic (exact) mass is 258 g/mol. The zero-order valence-corrected chi connectivity index (χ0v) is 11.4. The number of carbonyl (C=O) groups excluding carboxylic acids is 1. The maximum Gasteiger partial charge on any atom is 0.325 e. The van der Waals surface area contributed by atoms with E-state index in [4.69, 9.17) is 5.73 Å². The molecule has 0 aliphatic heterocycles. The first-order valence-electron chi connectivity index (χ1n) is 5.24. The molecule has 0 aliphatic rings. The number of ether oxygens (including phenoxy) is 1. The van der Waals surface area contributed by atoms with Gasteiger partial charge in [0.25, 0.3) is 0 Å². The Bertz CT molecular complexity index is 403. The van der Waals surface area contributed by atoms with Gasteiger partial charge in [-0.05, 0) is 20.3 Å². The Hall–Kier alpha value is -1.08. The molecule has 0 fully saturated rings. The van der Waals surface area contributed by atoms with Gasteiger partial charge in [0, 0.05) is 12.8 Å². The maximum atomic E-state index is 11.4. The van der Waals surface area contributed by atoms with Gasteiger partial charge in [-0.15, -0.1) is 10.2 Å². The van der Waals surface area contributed by atoms with Crippen LogP contribution in [0.4, 0.5) is 0 Å². The molecule has 2 N–H and O–H groups in total. The van der Waals surface area contributed by atoms with Crippen LogP contribution in [0.15, 0.2) is 5.16 Å². The third-order valence-electron chi connectivity index (χ3n) is 2.56. The topological polar surface area (TPSA) is 83.0 Å². The van der Waals surface area contributed by atoms with Crippen LogP contribution in [0, 0.1) is 6.92 Å². The van der Waals surface area contributed by atoms with Crippen molar-refractivity contribution in [1.29, 1.82) is 0 Å². The Morgan fingerprint density at radius 3 is 2.71 bits per heavy atom. The third kappa shape index (κ3) is 3.44. The molecule has 0 saturated heterocycles. The van der Waals surface area contributed by atoms with Gasteiger partial charge in [0.2, 0.25) is 0 Å². The first-order chi connectivity index (χ1) is 7.88. The molecule has 1 rings (SSSR count). The molecule has 0 bridgehead atoms. The van der Waals surface area contributed by atoms with Crippen LogP contribution in [0.25, 0.3) is 0 Å². The normalized spacial score (nSPS) is 14.4. The van der Waals surface area contributed by atoms with Gasteiger partial charge in [0.15, 0.2) is 5.16 Å². The number of nitrogens with two attached hydrogens (primary N) is 1. The van der Waals surface area contributed by atoms with Crippen LogP contribution in [-0.4, -0.2) is 39.1 Å². The lowest BCUT2D eigenvalue weighted by Crippen LogP contribution is -2.46. The number of hydrogen-bond acceptors (Lipinski definition) is 6. The van der Waals surface area contributed by atoms with Crippen molar-refractivity contribution in [3.63, 3.8) is 0 Å². The Kier molecular flexibility index (Phi) is 4.53. The number of carbonyl (C=O) groups is 1. The van der Waals surface area contributed by atoms with Gasteiger partial charge in [-0.3, -0.25) is 4.79 Å². The maximum absolute atomic E-state index is 11.4. The summed E-state index contributed by atoms with van der Waals surface area (Å²) in [5.74, 6) is 1.15. The largest absolute Gasteiger partial charge is 0.468 e. The standard InChI is InChI=1S/C10H18N4O2S/c1-7-12-13-9(14(7)3)17-6-5-10(2,11)8(15)16-4/h5-6,11H2,1-4H3. The fraction of sp³-hybridized carbons (Fsp3) is 0.700. The lowest BCUT2D eigenvalue weighted by Gasteiger charge is -2.20. The lowest BCUT2D eigenvalue weighted by molar-refractivity contribution is -0.146. The van der Waals surface area contributed by atoms with E-state index in [1.807, 2.05) is 18.5 Å². The highest BCUT2D eigenvalue weighted by atomic mass is 32.2. The Labute approximate surface area is 105 Å². The highest BCUT2D eigenvalue weighted by Crippen LogP contribution is 2.19. The van der Waals surface area contributed by atoms with Gasteiger partial charge in [0.05, 0.1) is 7.11 Å². The summed E-state index contributed by atoms with van der Waals surface area (Å²) in [5, 5.41) is 8.79. The molecule has 0 radical (unpaired) electrons. The number of hydrogen-bond donors (Lipinski definition) is 1. The summed E-state index contributed by atoms with van der Waals surface area (Å²) < 4.78 is 6.54. The van der Waals surface area contributed by atoms with Crippen molar-refractivity contribution >= 4 is 17.7 Å². The van der Waals surface area contributed by atoms with E-state index in [9.17, 15) is 4.79 Å². The zero-order chi connectivity index (χ0) is 13.1. The molecule has 0 saturated carbocycles. The van der Waals surface area contributed by atoms with Crippen LogP contribution in [0.5, 0.6) is 0 Å². The molecule has 96 valence electrons. The smallest absolute Gasteiger partial charge is 0.325 e. The predicted molar refractivity (Wildman–Crippen MR) is 65.7 cm³/mol. The fourth-order valence-electron chi connectivity index (χ4n) is 1.20. The molecule has 6 nitrogen and oxygen atoms in total. The SMILES string of the molecule is COC(=O)C(C)(N)CCSc1nnc(C)n1C. The van der Waals surface area contributed by atoms with E-state index in [1.54, 1.807) is 6.92 Å². The number of thioether (sulfide) groups is 1. The van der Waals surface area contributed by atoms with Gasteiger partial charge < -0.3 is 15.0 Å². The van der Waals surface area contributed by atoms with Crippen molar-refractivity contribution in [2.45, 2.75) is 31.0 Å². The van der Waals surface area contributed by atoms with Crippen molar-refractivity contribution in [1.82, 2.24) is 14.8 Å². The van der Waals surface area contributed by atoms with Crippen LogP contribution in [0.1, 0.15) is 19.2 Å². The first kappa shape index (κ1) is 14.0. The summed E-state index contributed by atoms with van der Waals surface area (Å²) in [6.07, 6.45) is 0.524. The first-order valence-corrected chi connectivity index (χ1v) is 6.23. The summed E-state index contributed by atoms with van der Waals surface area (Å²) in [7, 11) is 3.24. The molecule has 1 aromatic rings. The summed E-state index contributed by atoms with van der Waals surface area (Å²) in [6, 6.07) is 0. The van der Waals surface area contributed by atoms with Crippen molar-refractivity contribution in [3.8, 4) is 0 Å². The van der Waals surface area contributed by atoms with E-state index in [1.165, 1.54) is 18.9 Å². The molecule has 0 aromatic carbocycles. The summed E-state index contributed by atoms with van der Waals surface area (Å²) in [5.41, 5.74) is 4.90. The molecular formula is C10H18N4O2S. The van der Waals surface area contributed by atoms with E-state index in [-0.39, 0.29) is 0 Å². The molecule has 0 aliphatic carbocycles. The predicted octanol–water partition coefficient (Wildman–Crippen LogP) is 0.496. The molecule has 1 unspecified atom stereocenters. The van der Waals surface area contributed by atoms with Gasteiger partial charge in [-0.2, -0.15) is 0 Å². The second-order valence-electron chi connectivity index (χ2n) is 4.10. The second kappa shape index (κ2) is 5.50. The van der Waals surface area contributed by atoms with Crippen LogP contribution >= 0.6 is 11.8 Å². The Morgan fingerprint density at radius 2 is 2.24 bits per heavy atom. The lowest BCUT2D eigenvalue weighted by atomic mass is 10.0. The van der Waals surface area contributed by atoms with Crippen molar-refractivity contribution in [2.24, 2.45) is 12.8 Å². The summed E-state index contributed by atoms with van der Waals surface area (Å²) in [6.45, 7) is 3.56. The molecular weight excluding hydrogens is 240 g/mol. The van der Waals surface area contributed by atoms with Crippen molar-refractivity contribution < 1.29 is 9.53 Å². The number of esters is 1. The number of aryl methyl sites for hydroxylation is 1. The van der Waals surface area contributed by atoms with E-state index >= 15 is 0 Å². The Balaban J connectivity index is 2.48. The number of aromatic nitrogens is 3. The van der Waals surface area contributed by atoms with E-state index in [0.29, 0.717) is 12.2 Å². The molecule has 17 heavy (non-hydrogen) atoms. The quantitative estimate of drug-likeness (QED) is 0.611. The van der Waals surface area contributed by atoms with E-state index < -0.39 is 11.5 Å². The van der Waals surface area contributed by atoms with Crippen LogP contribution in [0.2, 0.25) is 0 Å². The molecule has 1 heterocycles. The summed E-state index contributed by atoms with van der Waals surface area (Å²) in [4.78, 5) is 11.4. The molecule has 7 heteroatoms. The van der Waals surface area contributed by atoms with Gasteiger partial charge in [0.1, 0.15) is 11.4 Å². The van der Waals surface area contributed by atoms with Gasteiger partial charge in [-0.1, -0.05) is 11.8 Å². The zero-order valence-electron chi connectivity index (χ0n) is 10.6. The highest BCUT2D eigenvalue weighted by molar-refractivity contribution is 7.99. The fourth-order valence-corrected chi connectivity index (χ4v) is 2.34. The molecule has 0 spiro atoms. The molecule has 1 atom stereocenters. The van der Waals surface area contributed by atoms with Crippen LogP contribution in [-0.2, 0) is 16.6 Å². The van der Waals surface area contributed by atoms with Crippen molar-refractivity contribution in [3.05, 3.63) is 5.82 Å². The number of methoxy groups -OCH3 is 1. The van der Waals surface area contributed by atoms with E-state index in [2.05, 4.69) is 14.9 Å². The minimum absolute atomic E-state index is 0.396. The van der Waals surface area contributed by atoms with E-state index in [0.717, 1.165) is 11.0 Å². The minimum atomic E-state index is -0.949. The van der Waals surface area contributed by atoms with Gasteiger partial charge in [-0.25, -0.2) is 0 Å². The minimum Gasteiger partial charge on any atom is -0.468 e. The number of rotatable bonds is 5. The van der Waals surface area contributed by atoms with Gasteiger partial charge >= 0.3 is 5.97 Å². The van der Waals surface area contributed by atoms with Crippen molar-refractivity contribution in [2.75, 3.05) is 12.9 Å². The molecule has 1 aromatic heterocycles. The van der Waals surface area contributed by atoms with Crippen LogP contribution < -0.4 is 5.73 Å². The van der Waals surface area contributed by atoms with Crippen LogP contribution in [0.3, 0.4) is 0 Å². The average molecular weight is 258 g/mol. The Morgan fingerprint density at radius 1 is 1.59 bits per heavy atom. The molecule has 0 amide bonds. The highest BCUT2D eigenvalue weighted by Gasteiger charge is 2.29.